The van der Waals surface area contributed by atoms with Crippen molar-refractivity contribution >= 4 is 35.3 Å². The van der Waals surface area contributed by atoms with Crippen molar-refractivity contribution in [1.29, 1.82) is 0 Å². The molecule has 2 aromatic heterocycles. The highest BCUT2D eigenvalue weighted by Gasteiger charge is 2.20. The minimum atomic E-state index is -4.82. The minimum absolute atomic E-state index is 0.0548. The molecule has 0 saturated heterocycles. The second kappa shape index (κ2) is 4.33. The molecule has 0 unspecified atom stereocenters. The van der Waals surface area contributed by atoms with Crippen molar-refractivity contribution < 1.29 is 25.7 Å². The monoisotopic (exact) mass is 293 g/mol. The second-order valence-corrected chi connectivity index (χ2v) is 4.81. The molecule has 96 valence electrons. The van der Waals surface area contributed by atoms with Crippen LogP contribution in [0.2, 0.25) is 0 Å². The van der Waals surface area contributed by atoms with Crippen LogP contribution >= 0.6 is 7.91 Å². The number of hydrogen-bond acceptors (Lipinski definition) is 10. The minimum Gasteiger partial charge on any atom is -0.382 e. The Morgan fingerprint density at radius 3 is 2.72 bits per heavy atom. The van der Waals surface area contributed by atoms with E-state index in [4.69, 9.17) is 5.73 Å². The Bertz CT molecular complexity index is 758. The predicted octanol–water partition coefficient (Wildman–Crippen LogP) is -0.337. The molecule has 0 aliphatic carbocycles. The van der Waals surface area contributed by atoms with Crippen LogP contribution in [0.15, 0.2) is 6.33 Å². The number of imidazole rings is 1. The highest BCUT2D eigenvalue weighted by atomic mass is 32.3. The predicted molar refractivity (Wildman–Crippen MR) is 55.0 cm³/mol. The molecule has 13 heteroatoms. The van der Waals surface area contributed by atoms with E-state index in [0.717, 1.165) is 0 Å². The van der Waals surface area contributed by atoms with Gasteiger partial charge in [-0.15, -0.1) is 3.97 Å². The van der Waals surface area contributed by atoms with Gasteiger partial charge in [-0.2, -0.15) is 18.4 Å². The maximum Gasteiger partial charge on any atom is 0.486 e. The Balaban J connectivity index is 2.37. The molecule has 0 aliphatic heterocycles. The van der Waals surface area contributed by atoms with Crippen LogP contribution in [0.3, 0.4) is 0 Å². The second-order valence-electron chi connectivity index (χ2n) is 2.78. The number of nitrogens with one attached hydrogen (secondary N) is 1. The van der Waals surface area contributed by atoms with Crippen LogP contribution in [-0.4, -0.2) is 28.4 Å². The molecule has 2 rings (SSSR count). The van der Waals surface area contributed by atoms with Crippen LogP contribution in [0.4, 0.5) is 5.82 Å². The van der Waals surface area contributed by atoms with Gasteiger partial charge in [0.1, 0.15) is 5.52 Å². The van der Waals surface area contributed by atoms with Gasteiger partial charge >= 0.3 is 24.3 Å². The largest absolute Gasteiger partial charge is 0.486 e. The number of aromatic amines is 1. The molecule has 2 heterocycles. The maximum absolute atomic E-state index is 11.0. The number of nitrogens with zero attached hydrogens (tertiary/aromatic N) is 3. The summed E-state index contributed by atoms with van der Waals surface area (Å²) in [5.41, 5.74) is 5.81. The fourth-order valence-electron chi connectivity index (χ4n) is 1.05. The normalized spacial score (nSPS) is 11.6. The van der Waals surface area contributed by atoms with E-state index in [-0.39, 0.29) is 17.0 Å². The summed E-state index contributed by atoms with van der Waals surface area (Å²) in [6.07, 6.45) is 1.26. The summed E-state index contributed by atoms with van der Waals surface area (Å²) < 4.78 is 50.0. The van der Waals surface area contributed by atoms with Gasteiger partial charge < -0.3 is 14.9 Å². The molecule has 0 aromatic carbocycles. The first-order valence-corrected chi connectivity index (χ1v) is 6.55. The SMILES string of the molecule is Nc1nc(OS(=O)(=O)OP(=O)=O)nc2nc[nH]c12. The van der Waals surface area contributed by atoms with Crippen LogP contribution in [0.1, 0.15) is 0 Å². The summed E-state index contributed by atoms with van der Waals surface area (Å²) >= 11 is 0. The molecule has 0 atom stereocenters. The van der Waals surface area contributed by atoms with Crippen LogP contribution < -0.4 is 9.92 Å². The lowest BCUT2D eigenvalue weighted by Crippen LogP contribution is -2.11. The zero-order valence-electron chi connectivity index (χ0n) is 8.30. The molecule has 11 nitrogen and oxygen atoms in total. The van der Waals surface area contributed by atoms with E-state index >= 15 is 0 Å². The van der Waals surface area contributed by atoms with Crippen LogP contribution in [0, 0.1) is 0 Å². The molecule has 2 aromatic rings. The van der Waals surface area contributed by atoms with Gasteiger partial charge in [0.2, 0.25) is 0 Å². The zero-order valence-corrected chi connectivity index (χ0v) is 10.0. The topological polar surface area (TPSA) is 167 Å². The maximum atomic E-state index is 11.0. The number of H-pyrrole nitrogens is 1. The third kappa shape index (κ3) is 2.61. The van der Waals surface area contributed by atoms with Gasteiger partial charge in [0.05, 0.1) is 6.33 Å². The first kappa shape index (κ1) is 12.4. The highest BCUT2D eigenvalue weighted by molar-refractivity contribution is 7.85. The standard InChI is InChI=1S/C5H4N5O6PS/c6-3-2-4(8-1-7-2)10-5(9-3)15-18(13,14)16-17(11)12/h1H,(H3,6,7,8,9,10). The van der Waals surface area contributed by atoms with Gasteiger partial charge in [-0.05, 0) is 0 Å². The zero-order chi connectivity index (χ0) is 13.3. The molecule has 3 N–H and O–H groups in total. The van der Waals surface area contributed by atoms with Crippen molar-refractivity contribution in [3.05, 3.63) is 6.33 Å². The van der Waals surface area contributed by atoms with Crippen molar-refractivity contribution in [2.75, 3.05) is 5.73 Å². The molecule has 0 fully saturated rings. The van der Waals surface area contributed by atoms with Gasteiger partial charge in [-0.1, -0.05) is 0 Å². The average Bonchev–Trinajstić information content (AvgIpc) is 2.62. The van der Waals surface area contributed by atoms with Gasteiger partial charge in [-0.3, -0.25) is 0 Å². The summed E-state index contributed by atoms with van der Waals surface area (Å²) in [6.45, 7) is 0. The lowest BCUT2D eigenvalue weighted by Gasteiger charge is -2.01. The van der Waals surface area contributed by atoms with Crippen molar-refractivity contribution in [2.45, 2.75) is 0 Å². The Morgan fingerprint density at radius 1 is 1.33 bits per heavy atom. The van der Waals surface area contributed by atoms with Gasteiger partial charge in [-0.25, -0.2) is 14.1 Å². The summed E-state index contributed by atoms with van der Waals surface area (Å²) in [7, 11) is -8.46. The van der Waals surface area contributed by atoms with Crippen LogP contribution in [0.5, 0.6) is 6.01 Å². The molecule has 0 spiro atoms. The number of nitrogens with two attached hydrogens (primary N) is 1. The summed E-state index contributed by atoms with van der Waals surface area (Å²) in [5.74, 6) is -0.116. The van der Waals surface area contributed by atoms with Crippen molar-refractivity contribution in [3.8, 4) is 6.01 Å². The summed E-state index contributed by atoms with van der Waals surface area (Å²) in [5, 5.41) is 0. The van der Waals surface area contributed by atoms with E-state index in [0.29, 0.717) is 0 Å². The Hall–Kier alpha value is -2.04. The summed E-state index contributed by atoms with van der Waals surface area (Å²) in [6, 6.07) is -0.705. The molecule has 0 aliphatic rings. The van der Waals surface area contributed by atoms with E-state index < -0.39 is 24.3 Å². The smallest absolute Gasteiger partial charge is 0.382 e. The number of hydrogen-bond donors (Lipinski definition) is 2. The highest BCUT2D eigenvalue weighted by Crippen LogP contribution is 2.19. The Labute approximate surface area is 99.6 Å². The molecule has 0 amide bonds. The fraction of sp³-hybridized carbons (Fsp3) is 0. The third-order valence-corrected chi connectivity index (χ3v) is 3.19. The first-order chi connectivity index (χ1) is 8.37. The molecular weight excluding hydrogens is 289 g/mol. The Kier molecular flexibility index (Phi) is 2.98. The Morgan fingerprint density at radius 2 is 2.06 bits per heavy atom. The van der Waals surface area contributed by atoms with Crippen molar-refractivity contribution in [2.24, 2.45) is 0 Å². The van der Waals surface area contributed by atoms with Gasteiger partial charge in [0.15, 0.2) is 11.5 Å². The number of aromatic nitrogens is 4. The third-order valence-electron chi connectivity index (χ3n) is 1.62. The van der Waals surface area contributed by atoms with Crippen molar-refractivity contribution in [1.82, 2.24) is 19.9 Å². The lowest BCUT2D eigenvalue weighted by molar-refractivity contribution is 0.368. The van der Waals surface area contributed by atoms with Crippen LogP contribution in [-0.2, 0) is 23.5 Å². The number of nitrogen functional groups attached to an aromatic ring is 1. The fourth-order valence-corrected chi connectivity index (χ4v) is 2.03. The van der Waals surface area contributed by atoms with Gasteiger partial charge in [0.25, 0.3) is 0 Å². The van der Waals surface area contributed by atoms with E-state index in [9.17, 15) is 17.5 Å². The van der Waals surface area contributed by atoms with E-state index in [1.807, 2.05) is 0 Å². The lowest BCUT2D eigenvalue weighted by atomic mass is 10.5. The summed E-state index contributed by atoms with van der Waals surface area (Å²) in [4.78, 5) is 13.4. The molecule has 0 radical (unpaired) electrons. The first-order valence-electron chi connectivity index (χ1n) is 4.12. The average molecular weight is 293 g/mol. The number of rotatable bonds is 4. The molecule has 18 heavy (non-hydrogen) atoms. The molecular formula is C5H4N5O6PS. The van der Waals surface area contributed by atoms with Crippen molar-refractivity contribution in [3.63, 3.8) is 0 Å². The van der Waals surface area contributed by atoms with Crippen LogP contribution in [0.25, 0.3) is 11.2 Å². The molecule has 0 saturated carbocycles. The number of anilines is 1. The van der Waals surface area contributed by atoms with E-state index in [1.54, 1.807) is 0 Å². The van der Waals surface area contributed by atoms with Gasteiger partial charge in [0, 0.05) is 0 Å². The quantitative estimate of drug-likeness (QED) is 0.711. The van der Waals surface area contributed by atoms with E-state index in [1.165, 1.54) is 6.33 Å². The molecule has 0 bridgehead atoms. The van der Waals surface area contributed by atoms with E-state index in [2.05, 4.69) is 28.1 Å². The number of fused-ring (bicyclic) bond motifs is 1.